The fraction of sp³-hybridized carbons (Fsp3) is 0.143. The second-order valence-corrected chi connectivity index (χ2v) is 11.4. The molecule has 228 valence electrons. The SMILES string of the molecule is c1ccc(COC[C@H]2Oc3cccc(-c4ccccc4)c3-c3c(cccc3-c3ccccc3)O[C@@H]2COCc2ccccc2)cc1. The van der Waals surface area contributed by atoms with E-state index in [1.165, 1.54) is 0 Å². The molecule has 4 heteroatoms. The smallest absolute Gasteiger partial charge is 0.161 e. The molecular weight excluding hydrogens is 568 g/mol. The van der Waals surface area contributed by atoms with Gasteiger partial charge in [-0.3, -0.25) is 0 Å². The molecule has 0 N–H and O–H groups in total. The molecule has 0 aliphatic carbocycles. The van der Waals surface area contributed by atoms with E-state index in [2.05, 4.69) is 109 Å². The normalized spacial score (nSPS) is 15.4. The second-order valence-electron chi connectivity index (χ2n) is 11.4. The van der Waals surface area contributed by atoms with Crippen LogP contribution in [0.5, 0.6) is 11.5 Å². The van der Waals surface area contributed by atoms with Gasteiger partial charge >= 0.3 is 0 Å². The fourth-order valence-electron chi connectivity index (χ4n) is 5.99. The van der Waals surface area contributed by atoms with Gasteiger partial charge < -0.3 is 18.9 Å². The number of rotatable bonds is 10. The highest BCUT2D eigenvalue weighted by Crippen LogP contribution is 2.49. The Morgan fingerprint density at radius 3 is 1.15 bits per heavy atom. The van der Waals surface area contributed by atoms with E-state index in [-0.39, 0.29) is 0 Å². The summed E-state index contributed by atoms with van der Waals surface area (Å²) in [5.41, 5.74) is 8.59. The first-order chi connectivity index (χ1) is 22.8. The van der Waals surface area contributed by atoms with Gasteiger partial charge in [-0.15, -0.1) is 0 Å². The molecule has 1 aliphatic rings. The lowest BCUT2D eigenvalue weighted by Gasteiger charge is -2.34. The van der Waals surface area contributed by atoms with Crippen molar-refractivity contribution in [2.45, 2.75) is 25.4 Å². The summed E-state index contributed by atoms with van der Waals surface area (Å²) in [5, 5.41) is 0. The summed E-state index contributed by atoms with van der Waals surface area (Å²) in [7, 11) is 0. The van der Waals surface area contributed by atoms with Gasteiger partial charge in [-0.1, -0.05) is 146 Å². The van der Waals surface area contributed by atoms with E-state index in [0.29, 0.717) is 26.4 Å². The van der Waals surface area contributed by atoms with E-state index in [9.17, 15) is 0 Å². The summed E-state index contributed by atoms with van der Waals surface area (Å²) in [6.07, 6.45) is -0.865. The number of hydrogen-bond donors (Lipinski definition) is 0. The number of benzene rings is 6. The predicted octanol–water partition coefficient (Wildman–Crippen LogP) is 9.63. The van der Waals surface area contributed by atoms with Crippen LogP contribution in [0.3, 0.4) is 0 Å². The zero-order valence-corrected chi connectivity index (χ0v) is 25.6. The number of ether oxygens (including phenoxy) is 4. The third-order valence-corrected chi connectivity index (χ3v) is 8.23. The van der Waals surface area contributed by atoms with Gasteiger partial charge in [0.05, 0.1) is 26.4 Å². The zero-order chi connectivity index (χ0) is 31.0. The summed E-state index contributed by atoms with van der Waals surface area (Å²) in [5.74, 6) is 1.58. The third kappa shape index (κ3) is 6.74. The summed E-state index contributed by atoms with van der Waals surface area (Å²) < 4.78 is 26.5. The van der Waals surface area contributed by atoms with E-state index in [4.69, 9.17) is 18.9 Å². The summed E-state index contributed by atoms with van der Waals surface area (Å²) in [4.78, 5) is 0. The van der Waals surface area contributed by atoms with E-state index < -0.39 is 12.2 Å². The van der Waals surface area contributed by atoms with Crippen molar-refractivity contribution in [1.82, 2.24) is 0 Å². The molecule has 1 heterocycles. The number of fused-ring (bicyclic) bond motifs is 3. The van der Waals surface area contributed by atoms with Gasteiger partial charge in [0.15, 0.2) is 12.2 Å². The van der Waals surface area contributed by atoms with Crippen LogP contribution < -0.4 is 9.47 Å². The molecule has 4 nitrogen and oxygen atoms in total. The molecule has 0 aromatic heterocycles. The van der Waals surface area contributed by atoms with Crippen molar-refractivity contribution < 1.29 is 18.9 Å². The van der Waals surface area contributed by atoms with Crippen LogP contribution in [0.25, 0.3) is 33.4 Å². The molecule has 6 aromatic carbocycles. The maximum absolute atomic E-state index is 6.97. The lowest BCUT2D eigenvalue weighted by Crippen LogP contribution is -2.44. The molecule has 0 unspecified atom stereocenters. The fourth-order valence-corrected chi connectivity index (χ4v) is 5.99. The Labute approximate surface area is 270 Å². The third-order valence-electron chi connectivity index (χ3n) is 8.23. The Bertz CT molecular complexity index is 1700. The van der Waals surface area contributed by atoms with Crippen molar-refractivity contribution in [3.63, 3.8) is 0 Å². The molecule has 2 atom stereocenters. The van der Waals surface area contributed by atoms with Gasteiger partial charge in [0, 0.05) is 11.1 Å². The van der Waals surface area contributed by atoms with Gasteiger partial charge in [0.25, 0.3) is 0 Å². The summed E-state index contributed by atoms with van der Waals surface area (Å²) >= 11 is 0. The van der Waals surface area contributed by atoms with Gasteiger partial charge in [-0.2, -0.15) is 0 Å². The molecule has 0 spiro atoms. The van der Waals surface area contributed by atoms with Crippen LogP contribution in [0, 0.1) is 0 Å². The van der Waals surface area contributed by atoms with Crippen LogP contribution in [0.4, 0.5) is 0 Å². The Hall–Kier alpha value is -5.16. The van der Waals surface area contributed by atoms with Gasteiger partial charge in [0.2, 0.25) is 0 Å². The molecule has 0 radical (unpaired) electrons. The van der Waals surface area contributed by atoms with Crippen LogP contribution in [-0.4, -0.2) is 25.4 Å². The van der Waals surface area contributed by atoms with Crippen LogP contribution >= 0.6 is 0 Å². The van der Waals surface area contributed by atoms with E-state index in [1.54, 1.807) is 0 Å². The average molecular weight is 605 g/mol. The minimum atomic E-state index is -0.433. The van der Waals surface area contributed by atoms with Crippen LogP contribution in [0.15, 0.2) is 158 Å². The highest BCUT2D eigenvalue weighted by molar-refractivity contribution is 5.97. The van der Waals surface area contributed by atoms with Gasteiger partial charge in [0.1, 0.15) is 11.5 Å². The molecule has 7 rings (SSSR count). The first-order valence-corrected chi connectivity index (χ1v) is 15.8. The van der Waals surface area contributed by atoms with E-state index >= 15 is 0 Å². The Morgan fingerprint density at radius 2 is 0.761 bits per heavy atom. The standard InChI is InChI=1S/C42H36O4/c1-5-15-31(16-6-1)27-43-29-39-40(30-44-28-32-17-7-2-8-18-32)46-38-26-14-24-36(34-21-11-4-12-22-34)42(38)41-35(23-13-25-37(41)45-39)33-19-9-3-10-20-33/h1-26,39-40H,27-30H2/t39-,40-/m1/s1. The maximum atomic E-state index is 6.97. The Morgan fingerprint density at radius 1 is 0.391 bits per heavy atom. The second kappa shape index (κ2) is 14.3. The topological polar surface area (TPSA) is 36.9 Å². The van der Waals surface area contributed by atoms with Crippen molar-refractivity contribution in [2.24, 2.45) is 0 Å². The van der Waals surface area contributed by atoms with Crippen LogP contribution in [0.2, 0.25) is 0 Å². The van der Waals surface area contributed by atoms with Crippen molar-refractivity contribution >= 4 is 0 Å². The lowest BCUT2D eigenvalue weighted by molar-refractivity contribution is -0.0551. The van der Waals surface area contributed by atoms with Gasteiger partial charge in [-0.05, 0) is 45.5 Å². The van der Waals surface area contributed by atoms with Crippen LogP contribution in [-0.2, 0) is 22.7 Å². The first-order valence-electron chi connectivity index (χ1n) is 15.8. The monoisotopic (exact) mass is 604 g/mol. The molecular formula is C42H36O4. The Balaban J connectivity index is 1.31. The maximum Gasteiger partial charge on any atom is 0.161 e. The minimum Gasteiger partial charge on any atom is -0.483 e. The zero-order valence-electron chi connectivity index (χ0n) is 25.6. The summed E-state index contributed by atoms with van der Waals surface area (Å²) in [6.45, 7) is 1.61. The lowest BCUT2D eigenvalue weighted by atomic mass is 9.87. The molecule has 0 fully saturated rings. The van der Waals surface area contributed by atoms with Crippen molar-refractivity contribution in [1.29, 1.82) is 0 Å². The summed E-state index contributed by atoms with van der Waals surface area (Å²) in [6, 6.07) is 53.9. The molecule has 0 saturated carbocycles. The molecule has 0 bridgehead atoms. The number of hydrogen-bond acceptors (Lipinski definition) is 4. The minimum absolute atomic E-state index is 0.330. The molecule has 0 saturated heterocycles. The highest BCUT2D eigenvalue weighted by atomic mass is 16.6. The van der Waals surface area contributed by atoms with Crippen LogP contribution in [0.1, 0.15) is 11.1 Å². The Kier molecular flexibility index (Phi) is 9.18. The first kappa shape index (κ1) is 29.5. The molecule has 6 aromatic rings. The van der Waals surface area contributed by atoms with E-state index in [0.717, 1.165) is 56.0 Å². The average Bonchev–Trinajstić information content (AvgIpc) is 3.12. The van der Waals surface area contributed by atoms with Crippen molar-refractivity contribution in [2.75, 3.05) is 13.2 Å². The largest absolute Gasteiger partial charge is 0.483 e. The van der Waals surface area contributed by atoms with Crippen molar-refractivity contribution in [3.8, 4) is 44.9 Å². The van der Waals surface area contributed by atoms with Crippen molar-refractivity contribution in [3.05, 3.63) is 169 Å². The molecule has 1 aliphatic heterocycles. The van der Waals surface area contributed by atoms with E-state index in [1.807, 2.05) is 48.5 Å². The highest BCUT2D eigenvalue weighted by Gasteiger charge is 2.33. The van der Waals surface area contributed by atoms with Gasteiger partial charge in [-0.25, -0.2) is 0 Å². The molecule has 46 heavy (non-hydrogen) atoms. The quantitative estimate of drug-likeness (QED) is 0.156. The predicted molar refractivity (Wildman–Crippen MR) is 184 cm³/mol. The molecule has 0 amide bonds.